The molecule has 1 N–H and O–H groups in total. The van der Waals surface area contributed by atoms with Crippen LogP contribution in [0, 0.1) is 5.92 Å². The van der Waals surface area contributed by atoms with Gasteiger partial charge in [-0.1, -0.05) is 42.0 Å². The number of halogens is 1. The number of dihydropyridines is 1. The Morgan fingerprint density at radius 1 is 1.29 bits per heavy atom. The molecular weight excluding hydrogens is 328 g/mol. The lowest BCUT2D eigenvalue weighted by molar-refractivity contribution is -0.137. The second-order valence-electron chi connectivity index (χ2n) is 5.32. The van der Waals surface area contributed by atoms with Gasteiger partial charge in [0, 0.05) is 17.3 Å². The summed E-state index contributed by atoms with van der Waals surface area (Å²) < 4.78 is 4.75. The minimum absolute atomic E-state index is 0.0554. The van der Waals surface area contributed by atoms with Crippen LogP contribution in [-0.2, 0) is 20.9 Å². The number of carbonyl (C=O) groups excluding carboxylic acids is 2. The van der Waals surface area contributed by atoms with Crippen molar-refractivity contribution in [1.29, 1.82) is 0 Å². The lowest BCUT2D eigenvalue weighted by atomic mass is 9.89. The molecule has 24 heavy (non-hydrogen) atoms. The number of nitrogens with one attached hydrogen (secondary N) is 1. The van der Waals surface area contributed by atoms with Gasteiger partial charge < -0.3 is 10.1 Å². The number of fused-ring (bicyclic) bond motifs is 1. The largest absolute Gasteiger partial charge is 0.465 e. The molecule has 1 aromatic rings. The zero-order valence-corrected chi connectivity index (χ0v) is 13.7. The van der Waals surface area contributed by atoms with Crippen molar-refractivity contribution in [1.82, 2.24) is 5.32 Å². The van der Waals surface area contributed by atoms with E-state index in [9.17, 15) is 9.59 Å². The van der Waals surface area contributed by atoms with Crippen LogP contribution in [0.5, 0.6) is 0 Å². The van der Waals surface area contributed by atoms with E-state index >= 15 is 0 Å². The zero-order chi connectivity index (χ0) is 17.1. The van der Waals surface area contributed by atoms with Crippen molar-refractivity contribution >= 4 is 29.2 Å². The summed E-state index contributed by atoms with van der Waals surface area (Å²) in [4.78, 5) is 28.3. The molecule has 1 heterocycles. The van der Waals surface area contributed by atoms with Crippen LogP contribution in [0.3, 0.4) is 0 Å². The Morgan fingerprint density at radius 3 is 2.75 bits per heavy atom. The summed E-state index contributed by atoms with van der Waals surface area (Å²) in [6, 6.07) is 7.33. The number of nitrogens with zero attached hydrogens (tertiary/aromatic N) is 1. The smallest absolute Gasteiger partial charge is 0.345 e. The van der Waals surface area contributed by atoms with E-state index in [1.807, 2.05) is 30.4 Å². The van der Waals surface area contributed by atoms with Crippen LogP contribution in [0.25, 0.3) is 0 Å². The normalized spacial score (nSPS) is 19.0. The Kier molecular flexibility index (Phi) is 4.62. The molecule has 0 aromatic heterocycles. The van der Waals surface area contributed by atoms with Crippen LogP contribution >= 0.6 is 11.6 Å². The number of hydrogen-bond donors (Lipinski definition) is 1. The van der Waals surface area contributed by atoms with Crippen LogP contribution in [-0.4, -0.2) is 24.7 Å². The van der Waals surface area contributed by atoms with Crippen molar-refractivity contribution < 1.29 is 14.3 Å². The fourth-order valence-corrected chi connectivity index (χ4v) is 2.75. The summed E-state index contributed by atoms with van der Waals surface area (Å²) in [5.41, 5.74) is 2.03. The summed E-state index contributed by atoms with van der Waals surface area (Å²) in [5.74, 6) is -1.55. The fourth-order valence-electron chi connectivity index (χ4n) is 2.62. The van der Waals surface area contributed by atoms with E-state index in [0.29, 0.717) is 23.0 Å². The summed E-state index contributed by atoms with van der Waals surface area (Å²) in [6.07, 6.45) is 7.32. The van der Waals surface area contributed by atoms with Gasteiger partial charge in [0.15, 0.2) is 0 Å². The van der Waals surface area contributed by atoms with Gasteiger partial charge in [-0.3, -0.25) is 4.79 Å². The van der Waals surface area contributed by atoms with Crippen molar-refractivity contribution in [2.75, 3.05) is 7.11 Å². The molecule has 0 radical (unpaired) electrons. The molecule has 1 atom stereocenters. The van der Waals surface area contributed by atoms with Gasteiger partial charge in [-0.25, -0.2) is 9.79 Å². The Hall–Kier alpha value is -2.66. The third-order valence-corrected chi connectivity index (χ3v) is 4.06. The van der Waals surface area contributed by atoms with E-state index in [4.69, 9.17) is 16.3 Å². The maximum absolute atomic E-state index is 12.3. The number of amides is 1. The van der Waals surface area contributed by atoms with E-state index in [1.165, 1.54) is 7.11 Å². The second kappa shape index (κ2) is 6.84. The van der Waals surface area contributed by atoms with E-state index in [2.05, 4.69) is 10.3 Å². The molecule has 3 rings (SSSR count). The SMILES string of the molecule is COC(=O)C1=C(NCc2ccc(Cl)cc2)C2C=CC=CC2=NC1=O. The molecule has 0 saturated carbocycles. The van der Waals surface area contributed by atoms with Crippen molar-refractivity contribution in [3.8, 4) is 0 Å². The van der Waals surface area contributed by atoms with Crippen molar-refractivity contribution in [3.05, 3.63) is 70.4 Å². The number of aliphatic imine (C=N–C) groups is 1. The summed E-state index contributed by atoms with van der Waals surface area (Å²) >= 11 is 5.89. The number of esters is 1. The van der Waals surface area contributed by atoms with Crippen LogP contribution in [0.2, 0.25) is 5.02 Å². The highest BCUT2D eigenvalue weighted by molar-refractivity contribution is 6.30. The molecule has 2 aliphatic rings. The number of allylic oxidation sites excluding steroid dienone is 4. The zero-order valence-electron chi connectivity index (χ0n) is 13.0. The monoisotopic (exact) mass is 342 g/mol. The highest BCUT2D eigenvalue weighted by atomic mass is 35.5. The molecule has 1 aliphatic heterocycles. The third-order valence-electron chi connectivity index (χ3n) is 3.81. The highest BCUT2D eigenvalue weighted by Crippen LogP contribution is 2.27. The molecule has 1 aliphatic carbocycles. The first-order valence-electron chi connectivity index (χ1n) is 7.38. The lowest BCUT2D eigenvalue weighted by Crippen LogP contribution is -2.35. The minimum Gasteiger partial charge on any atom is -0.465 e. The maximum atomic E-state index is 12.3. The molecule has 0 bridgehead atoms. The predicted molar refractivity (Wildman–Crippen MR) is 91.5 cm³/mol. The molecule has 5 nitrogen and oxygen atoms in total. The summed E-state index contributed by atoms with van der Waals surface area (Å²) in [7, 11) is 1.25. The second-order valence-corrected chi connectivity index (χ2v) is 5.76. The van der Waals surface area contributed by atoms with Gasteiger partial charge in [0.25, 0.3) is 5.91 Å². The van der Waals surface area contributed by atoms with E-state index < -0.39 is 11.9 Å². The Balaban J connectivity index is 1.93. The van der Waals surface area contributed by atoms with E-state index in [0.717, 1.165) is 5.56 Å². The third kappa shape index (κ3) is 3.16. The van der Waals surface area contributed by atoms with Gasteiger partial charge in [-0.2, -0.15) is 0 Å². The van der Waals surface area contributed by atoms with Crippen molar-refractivity contribution in [2.45, 2.75) is 6.54 Å². The standard InChI is InChI=1S/C18H15ClN2O3/c1-24-18(23)15-16(20-10-11-6-8-12(19)9-7-11)13-4-2-3-5-14(13)21-17(15)22/h2-9,13,20H,10H2,1H3. The predicted octanol–water partition coefficient (Wildman–Crippen LogP) is 2.58. The number of methoxy groups -OCH3 is 1. The number of ether oxygens (including phenoxy) is 1. The number of benzene rings is 1. The topological polar surface area (TPSA) is 67.8 Å². The molecular formula is C18H15ClN2O3. The first-order chi connectivity index (χ1) is 11.6. The molecule has 0 spiro atoms. The number of carbonyl (C=O) groups is 2. The highest BCUT2D eigenvalue weighted by Gasteiger charge is 2.34. The summed E-state index contributed by atoms with van der Waals surface area (Å²) in [6.45, 7) is 0.446. The Labute approximate surface area is 144 Å². The average Bonchev–Trinajstić information content (AvgIpc) is 2.60. The maximum Gasteiger partial charge on any atom is 0.345 e. The van der Waals surface area contributed by atoms with Gasteiger partial charge in [0.1, 0.15) is 5.57 Å². The van der Waals surface area contributed by atoms with Gasteiger partial charge in [-0.15, -0.1) is 0 Å². The van der Waals surface area contributed by atoms with Crippen molar-refractivity contribution in [2.24, 2.45) is 10.9 Å². The molecule has 0 saturated heterocycles. The first-order valence-corrected chi connectivity index (χ1v) is 7.76. The fraction of sp³-hybridized carbons (Fsp3) is 0.167. The van der Waals surface area contributed by atoms with Crippen LogP contribution in [0.4, 0.5) is 0 Å². The van der Waals surface area contributed by atoms with Crippen molar-refractivity contribution in [3.63, 3.8) is 0 Å². The average molecular weight is 343 g/mol. The summed E-state index contributed by atoms with van der Waals surface area (Å²) in [5, 5.41) is 3.85. The van der Waals surface area contributed by atoms with Crippen LogP contribution < -0.4 is 5.32 Å². The number of hydrogen-bond acceptors (Lipinski definition) is 4. The molecule has 1 unspecified atom stereocenters. The number of rotatable bonds is 4. The van der Waals surface area contributed by atoms with Gasteiger partial charge in [0.2, 0.25) is 0 Å². The quantitative estimate of drug-likeness (QED) is 0.674. The molecule has 0 fully saturated rings. The molecule has 1 amide bonds. The molecule has 6 heteroatoms. The van der Waals surface area contributed by atoms with E-state index in [-0.39, 0.29) is 11.5 Å². The molecule has 1 aromatic carbocycles. The lowest BCUT2D eigenvalue weighted by Gasteiger charge is -2.26. The minimum atomic E-state index is -0.690. The van der Waals surface area contributed by atoms with Crippen LogP contribution in [0.1, 0.15) is 5.56 Å². The van der Waals surface area contributed by atoms with Crippen LogP contribution in [0.15, 0.2) is 64.8 Å². The van der Waals surface area contributed by atoms with Gasteiger partial charge >= 0.3 is 5.97 Å². The van der Waals surface area contributed by atoms with Gasteiger partial charge in [0.05, 0.1) is 18.7 Å². The Bertz CT molecular complexity index is 804. The van der Waals surface area contributed by atoms with Gasteiger partial charge in [-0.05, 0) is 23.8 Å². The molecule has 122 valence electrons. The Morgan fingerprint density at radius 2 is 2.04 bits per heavy atom. The van der Waals surface area contributed by atoms with E-state index in [1.54, 1.807) is 18.2 Å². The first kappa shape index (κ1) is 16.2.